The molecule has 1 aliphatic heterocycles. The molecule has 0 aliphatic carbocycles. The Hall–Kier alpha value is -2.03. The number of aryl methyl sites for hydroxylation is 1. The third-order valence-corrected chi connectivity index (χ3v) is 3.02. The van der Waals surface area contributed by atoms with Crippen LogP contribution in [0.3, 0.4) is 0 Å². The first-order valence-electron chi connectivity index (χ1n) is 5.88. The van der Waals surface area contributed by atoms with Gasteiger partial charge >= 0.3 is 0 Å². The third kappa shape index (κ3) is 1.84. The molecule has 2 aromatic rings. The molecule has 0 saturated carbocycles. The van der Waals surface area contributed by atoms with E-state index in [4.69, 9.17) is 0 Å². The average molecular weight is 225 g/mol. The van der Waals surface area contributed by atoms with Crippen LogP contribution in [0.1, 0.15) is 5.56 Å². The van der Waals surface area contributed by atoms with Gasteiger partial charge in [-0.05, 0) is 30.7 Å². The van der Waals surface area contributed by atoms with Gasteiger partial charge in [0.1, 0.15) is 5.82 Å². The molecule has 1 aromatic carbocycles. The van der Waals surface area contributed by atoms with Crippen LogP contribution in [0.2, 0.25) is 0 Å². The smallest absolute Gasteiger partial charge is 0.133 e. The molecule has 86 valence electrons. The van der Waals surface area contributed by atoms with Crippen LogP contribution in [-0.4, -0.2) is 18.1 Å². The average Bonchev–Trinajstić information content (AvgIpc) is 2.39. The molecular formula is C14H15N3. The van der Waals surface area contributed by atoms with Gasteiger partial charge in [0.15, 0.2) is 0 Å². The summed E-state index contributed by atoms with van der Waals surface area (Å²) in [4.78, 5) is 6.75. The summed E-state index contributed by atoms with van der Waals surface area (Å²) >= 11 is 0. The Morgan fingerprint density at radius 1 is 1.18 bits per heavy atom. The van der Waals surface area contributed by atoms with Crippen molar-refractivity contribution in [2.45, 2.75) is 6.92 Å². The van der Waals surface area contributed by atoms with E-state index in [-0.39, 0.29) is 0 Å². The molecule has 0 spiro atoms. The van der Waals surface area contributed by atoms with Crippen molar-refractivity contribution in [3.8, 4) is 0 Å². The second kappa shape index (κ2) is 4.09. The summed E-state index contributed by atoms with van der Waals surface area (Å²) in [5.41, 5.74) is 3.58. The van der Waals surface area contributed by atoms with Crippen LogP contribution in [-0.2, 0) is 0 Å². The molecule has 2 heterocycles. The Labute approximate surface area is 101 Å². The van der Waals surface area contributed by atoms with Gasteiger partial charge in [0.05, 0.1) is 11.4 Å². The standard InChI is InChI=1S/C14H15N3/c1-11-6-7-14(16-10-11)17-9-8-15-12-4-2-3-5-13(12)17/h2-7,10,15H,8-9H2,1H3. The lowest BCUT2D eigenvalue weighted by atomic mass is 10.2. The van der Waals surface area contributed by atoms with Crippen molar-refractivity contribution in [2.24, 2.45) is 0 Å². The maximum Gasteiger partial charge on any atom is 0.133 e. The molecule has 3 rings (SSSR count). The van der Waals surface area contributed by atoms with E-state index in [1.807, 2.05) is 6.20 Å². The lowest BCUT2D eigenvalue weighted by Crippen LogP contribution is -2.30. The Bertz CT molecular complexity index is 519. The maximum absolute atomic E-state index is 4.50. The summed E-state index contributed by atoms with van der Waals surface area (Å²) in [5, 5.41) is 3.40. The van der Waals surface area contributed by atoms with Gasteiger partial charge in [-0.2, -0.15) is 0 Å². The van der Waals surface area contributed by atoms with E-state index in [1.54, 1.807) is 0 Å². The van der Waals surface area contributed by atoms with E-state index < -0.39 is 0 Å². The van der Waals surface area contributed by atoms with E-state index in [9.17, 15) is 0 Å². The summed E-state index contributed by atoms with van der Waals surface area (Å²) in [5.74, 6) is 1.02. The Morgan fingerprint density at radius 2 is 2.06 bits per heavy atom. The topological polar surface area (TPSA) is 28.2 Å². The minimum atomic E-state index is 0.951. The number of para-hydroxylation sites is 2. The highest BCUT2D eigenvalue weighted by Gasteiger charge is 2.17. The summed E-state index contributed by atoms with van der Waals surface area (Å²) in [7, 11) is 0. The number of nitrogens with zero attached hydrogens (tertiary/aromatic N) is 2. The molecule has 0 atom stereocenters. The Morgan fingerprint density at radius 3 is 2.88 bits per heavy atom. The minimum absolute atomic E-state index is 0.951. The van der Waals surface area contributed by atoms with E-state index in [0.29, 0.717) is 0 Å². The highest BCUT2D eigenvalue weighted by molar-refractivity contribution is 5.77. The second-order valence-corrected chi connectivity index (χ2v) is 4.29. The van der Waals surface area contributed by atoms with Crippen molar-refractivity contribution in [2.75, 3.05) is 23.3 Å². The normalized spacial score (nSPS) is 14.1. The summed E-state index contributed by atoms with van der Waals surface area (Å²) < 4.78 is 0. The van der Waals surface area contributed by atoms with Crippen LogP contribution in [0.25, 0.3) is 0 Å². The van der Waals surface area contributed by atoms with Crippen molar-refractivity contribution in [1.82, 2.24) is 4.98 Å². The molecule has 0 bridgehead atoms. The predicted molar refractivity (Wildman–Crippen MR) is 70.9 cm³/mol. The molecule has 1 N–H and O–H groups in total. The van der Waals surface area contributed by atoms with Crippen molar-refractivity contribution >= 4 is 17.2 Å². The Balaban J connectivity index is 2.03. The van der Waals surface area contributed by atoms with Crippen LogP contribution in [0.5, 0.6) is 0 Å². The van der Waals surface area contributed by atoms with Crippen molar-refractivity contribution in [3.05, 3.63) is 48.2 Å². The summed E-state index contributed by atoms with van der Waals surface area (Å²) in [6.07, 6.45) is 1.92. The molecule has 1 aromatic heterocycles. The quantitative estimate of drug-likeness (QED) is 0.808. The largest absolute Gasteiger partial charge is 0.382 e. The van der Waals surface area contributed by atoms with Crippen LogP contribution in [0.4, 0.5) is 17.2 Å². The fourth-order valence-corrected chi connectivity index (χ4v) is 2.14. The monoisotopic (exact) mass is 225 g/mol. The first-order chi connectivity index (χ1) is 8.34. The highest BCUT2D eigenvalue weighted by atomic mass is 15.2. The molecule has 0 saturated heterocycles. The van der Waals surface area contributed by atoms with Gasteiger partial charge in [-0.3, -0.25) is 0 Å². The van der Waals surface area contributed by atoms with Gasteiger partial charge in [-0.15, -0.1) is 0 Å². The van der Waals surface area contributed by atoms with E-state index >= 15 is 0 Å². The van der Waals surface area contributed by atoms with Gasteiger partial charge in [0.2, 0.25) is 0 Å². The molecule has 0 fully saturated rings. The summed E-state index contributed by atoms with van der Waals surface area (Å²) in [6.45, 7) is 3.96. The number of hydrogen-bond donors (Lipinski definition) is 1. The first kappa shape index (κ1) is 10.1. The van der Waals surface area contributed by atoms with Crippen LogP contribution in [0, 0.1) is 6.92 Å². The van der Waals surface area contributed by atoms with Gasteiger partial charge in [-0.25, -0.2) is 4.98 Å². The number of benzene rings is 1. The number of aromatic nitrogens is 1. The van der Waals surface area contributed by atoms with Crippen LogP contribution >= 0.6 is 0 Å². The van der Waals surface area contributed by atoms with Gasteiger partial charge in [0.25, 0.3) is 0 Å². The first-order valence-corrected chi connectivity index (χ1v) is 5.88. The van der Waals surface area contributed by atoms with Gasteiger partial charge in [-0.1, -0.05) is 18.2 Å². The Kier molecular flexibility index (Phi) is 2.44. The highest BCUT2D eigenvalue weighted by Crippen LogP contribution is 2.33. The number of hydrogen-bond acceptors (Lipinski definition) is 3. The number of fused-ring (bicyclic) bond motifs is 1. The molecule has 3 nitrogen and oxygen atoms in total. The molecule has 1 aliphatic rings. The fourth-order valence-electron chi connectivity index (χ4n) is 2.14. The van der Waals surface area contributed by atoms with E-state index in [2.05, 4.69) is 58.5 Å². The van der Waals surface area contributed by atoms with Crippen molar-refractivity contribution < 1.29 is 0 Å². The zero-order valence-electron chi connectivity index (χ0n) is 9.85. The number of anilines is 3. The van der Waals surface area contributed by atoms with Crippen molar-refractivity contribution in [3.63, 3.8) is 0 Å². The van der Waals surface area contributed by atoms with E-state index in [1.165, 1.54) is 16.9 Å². The van der Waals surface area contributed by atoms with Gasteiger partial charge in [0, 0.05) is 19.3 Å². The minimum Gasteiger partial charge on any atom is -0.382 e. The molecule has 0 unspecified atom stereocenters. The molecule has 0 radical (unpaired) electrons. The maximum atomic E-state index is 4.50. The molecule has 3 heteroatoms. The molecule has 17 heavy (non-hydrogen) atoms. The van der Waals surface area contributed by atoms with E-state index in [0.717, 1.165) is 18.9 Å². The summed E-state index contributed by atoms with van der Waals surface area (Å²) in [6, 6.07) is 12.5. The van der Waals surface area contributed by atoms with Crippen LogP contribution < -0.4 is 10.2 Å². The molecule has 0 amide bonds. The third-order valence-electron chi connectivity index (χ3n) is 3.02. The zero-order valence-corrected chi connectivity index (χ0v) is 9.85. The number of pyridine rings is 1. The number of rotatable bonds is 1. The zero-order chi connectivity index (χ0) is 11.7. The molecular weight excluding hydrogens is 210 g/mol. The number of nitrogens with one attached hydrogen (secondary N) is 1. The van der Waals surface area contributed by atoms with Crippen molar-refractivity contribution in [1.29, 1.82) is 0 Å². The van der Waals surface area contributed by atoms with Gasteiger partial charge < -0.3 is 10.2 Å². The second-order valence-electron chi connectivity index (χ2n) is 4.29. The lowest BCUT2D eigenvalue weighted by molar-refractivity contribution is 0.907. The lowest BCUT2D eigenvalue weighted by Gasteiger charge is -2.31. The van der Waals surface area contributed by atoms with Crippen LogP contribution in [0.15, 0.2) is 42.6 Å². The predicted octanol–water partition coefficient (Wildman–Crippen LogP) is 2.95. The fraction of sp³-hybridized carbons (Fsp3) is 0.214. The SMILES string of the molecule is Cc1ccc(N2CCNc3ccccc32)nc1.